The van der Waals surface area contributed by atoms with Crippen LogP contribution in [0.4, 0.5) is 9.18 Å². The van der Waals surface area contributed by atoms with Gasteiger partial charge < -0.3 is 4.42 Å². The van der Waals surface area contributed by atoms with Crippen LogP contribution < -0.4 is 0 Å². The summed E-state index contributed by atoms with van der Waals surface area (Å²) in [5, 5.41) is -0.356. The molecular weight excluding hydrogens is 365 g/mol. The highest BCUT2D eigenvalue weighted by Crippen LogP contribution is 2.34. The van der Waals surface area contributed by atoms with Gasteiger partial charge in [0, 0.05) is 11.6 Å². The lowest BCUT2D eigenvalue weighted by Gasteiger charge is -2.12. The van der Waals surface area contributed by atoms with Crippen LogP contribution in [-0.2, 0) is 11.3 Å². The minimum Gasteiger partial charge on any atom is -0.457 e. The predicted octanol–water partition coefficient (Wildman–Crippen LogP) is 5.32. The van der Waals surface area contributed by atoms with Crippen molar-refractivity contribution in [3.05, 3.63) is 88.8 Å². The molecule has 0 unspecified atom stereocenters. The minimum absolute atomic E-state index is 0.107. The number of nitrogens with zero attached hydrogens (tertiary/aromatic N) is 1. The van der Waals surface area contributed by atoms with Crippen LogP contribution >= 0.6 is 11.8 Å². The molecule has 1 saturated heterocycles. The summed E-state index contributed by atoms with van der Waals surface area (Å²) in [6.45, 7) is 0.107. The molecule has 0 saturated carbocycles. The van der Waals surface area contributed by atoms with Crippen LogP contribution in [0.3, 0.4) is 0 Å². The van der Waals surface area contributed by atoms with Crippen molar-refractivity contribution in [2.75, 3.05) is 0 Å². The number of imide groups is 1. The molecule has 134 valence electrons. The average Bonchev–Trinajstić information content (AvgIpc) is 3.25. The Morgan fingerprint density at radius 3 is 2.44 bits per heavy atom. The van der Waals surface area contributed by atoms with Gasteiger partial charge in [-0.2, -0.15) is 0 Å². The van der Waals surface area contributed by atoms with Gasteiger partial charge in [-0.3, -0.25) is 14.5 Å². The lowest BCUT2D eigenvalue weighted by molar-refractivity contribution is -0.123. The normalized spacial score (nSPS) is 15.7. The first-order valence-electron chi connectivity index (χ1n) is 8.25. The van der Waals surface area contributed by atoms with E-state index in [9.17, 15) is 14.0 Å². The van der Waals surface area contributed by atoms with Gasteiger partial charge in [-0.15, -0.1) is 0 Å². The lowest BCUT2D eigenvalue weighted by Crippen LogP contribution is -2.27. The van der Waals surface area contributed by atoms with Crippen LogP contribution in [0.1, 0.15) is 11.3 Å². The van der Waals surface area contributed by atoms with E-state index in [1.807, 2.05) is 36.4 Å². The first kappa shape index (κ1) is 17.3. The van der Waals surface area contributed by atoms with Gasteiger partial charge in [-0.05, 0) is 41.6 Å². The average molecular weight is 379 g/mol. The zero-order valence-electron chi connectivity index (χ0n) is 14.1. The number of furan rings is 1. The molecule has 1 aliphatic rings. The Morgan fingerprint density at radius 2 is 1.70 bits per heavy atom. The summed E-state index contributed by atoms with van der Waals surface area (Å²) in [6.07, 6.45) is 1.57. The van der Waals surface area contributed by atoms with E-state index in [1.54, 1.807) is 24.3 Å². The Morgan fingerprint density at radius 1 is 0.963 bits per heavy atom. The van der Waals surface area contributed by atoms with Gasteiger partial charge in [-0.1, -0.05) is 42.5 Å². The molecular formula is C21H14FNO3S. The van der Waals surface area contributed by atoms with E-state index in [0.29, 0.717) is 22.0 Å². The molecule has 2 aromatic carbocycles. The number of hydrogen-bond donors (Lipinski definition) is 0. The smallest absolute Gasteiger partial charge is 0.293 e. The number of carbonyl (C=O) groups is 2. The van der Waals surface area contributed by atoms with Crippen molar-refractivity contribution in [2.24, 2.45) is 0 Å². The fraction of sp³-hybridized carbons (Fsp3) is 0.0476. The van der Waals surface area contributed by atoms with E-state index in [4.69, 9.17) is 4.42 Å². The summed E-state index contributed by atoms with van der Waals surface area (Å²) in [5.41, 5.74) is 1.62. The van der Waals surface area contributed by atoms with Crippen LogP contribution in [0.25, 0.3) is 17.4 Å². The molecule has 3 aromatic rings. The molecule has 0 radical (unpaired) electrons. The second-order valence-electron chi connectivity index (χ2n) is 5.96. The number of benzene rings is 2. The molecule has 1 aliphatic heterocycles. The first-order valence-corrected chi connectivity index (χ1v) is 9.07. The zero-order chi connectivity index (χ0) is 18.8. The molecule has 1 aromatic heterocycles. The highest BCUT2D eigenvalue weighted by molar-refractivity contribution is 8.18. The standard InChI is InChI=1S/C21H14FNO3S/c22-16-8-6-14(7-9-16)13-23-20(24)19(27-21(23)25)12-17-10-11-18(26-17)15-4-2-1-3-5-15/h1-12H,13H2/b19-12-. The van der Waals surface area contributed by atoms with Crippen molar-refractivity contribution in [3.8, 4) is 11.3 Å². The van der Waals surface area contributed by atoms with E-state index in [-0.39, 0.29) is 23.5 Å². The first-order chi connectivity index (χ1) is 13.1. The van der Waals surface area contributed by atoms with Gasteiger partial charge in [0.05, 0.1) is 11.4 Å². The van der Waals surface area contributed by atoms with Gasteiger partial charge in [0.15, 0.2) is 0 Å². The van der Waals surface area contributed by atoms with E-state index >= 15 is 0 Å². The number of amides is 2. The summed E-state index contributed by atoms with van der Waals surface area (Å²) in [7, 11) is 0. The fourth-order valence-electron chi connectivity index (χ4n) is 2.73. The molecule has 4 nitrogen and oxygen atoms in total. The minimum atomic E-state index is -0.382. The third-order valence-electron chi connectivity index (χ3n) is 4.09. The summed E-state index contributed by atoms with van der Waals surface area (Å²) in [5.74, 6) is 0.445. The Hall–Kier alpha value is -3.12. The predicted molar refractivity (Wildman–Crippen MR) is 102 cm³/mol. The van der Waals surface area contributed by atoms with Crippen molar-refractivity contribution in [2.45, 2.75) is 6.54 Å². The molecule has 6 heteroatoms. The van der Waals surface area contributed by atoms with E-state index in [2.05, 4.69) is 0 Å². The summed E-state index contributed by atoms with van der Waals surface area (Å²) >= 11 is 0.869. The molecule has 0 atom stereocenters. The molecule has 0 N–H and O–H groups in total. The Labute approximate surface area is 159 Å². The van der Waals surface area contributed by atoms with Crippen LogP contribution in [0.15, 0.2) is 76.1 Å². The van der Waals surface area contributed by atoms with Crippen molar-refractivity contribution < 1.29 is 18.4 Å². The molecule has 27 heavy (non-hydrogen) atoms. The van der Waals surface area contributed by atoms with Crippen LogP contribution in [0, 0.1) is 5.82 Å². The van der Waals surface area contributed by atoms with Crippen molar-refractivity contribution in [1.82, 2.24) is 4.90 Å². The molecule has 0 bridgehead atoms. The third-order valence-corrected chi connectivity index (χ3v) is 4.99. The Balaban J connectivity index is 1.53. The molecule has 4 rings (SSSR count). The summed E-state index contributed by atoms with van der Waals surface area (Å²) in [4.78, 5) is 26.2. The van der Waals surface area contributed by atoms with Crippen molar-refractivity contribution >= 4 is 29.0 Å². The van der Waals surface area contributed by atoms with Crippen molar-refractivity contribution in [3.63, 3.8) is 0 Å². The second kappa shape index (κ2) is 7.25. The van der Waals surface area contributed by atoms with Gasteiger partial charge in [0.2, 0.25) is 0 Å². The molecule has 0 aliphatic carbocycles. The van der Waals surface area contributed by atoms with Crippen LogP contribution in [0.5, 0.6) is 0 Å². The maximum absolute atomic E-state index is 13.0. The van der Waals surface area contributed by atoms with Crippen LogP contribution in [-0.4, -0.2) is 16.0 Å². The molecule has 2 heterocycles. The van der Waals surface area contributed by atoms with Crippen molar-refractivity contribution in [1.29, 1.82) is 0 Å². The van der Waals surface area contributed by atoms with E-state index in [0.717, 1.165) is 22.2 Å². The fourth-order valence-corrected chi connectivity index (χ4v) is 3.54. The summed E-state index contributed by atoms with van der Waals surface area (Å²) in [6, 6.07) is 18.9. The Bertz CT molecular complexity index is 1030. The number of carbonyl (C=O) groups excluding carboxylic acids is 2. The largest absolute Gasteiger partial charge is 0.457 e. The molecule has 0 spiro atoms. The second-order valence-corrected chi connectivity index (χ2v) is 6.96. The highest BCUT2D eigenvalue weighted by Gasteiger charge is 2.35. The lowest BCUT2D eigenvalue weighted by atomic mass is 10.2. The topological polar surface area (TPSA) is 50.5 Å². The number of rotatable bonds is 4. The van der Waals surface area contributed by atoms with Gasteiger partial charge in [0.25, 0.3) is 11.1 Å². The van der Waals surface area contributed by atoms with Gasteiger partial charge in [-0.25, -0.2) is 4.39 Å². The number of halogens is 1. The van der Waals surface area contributed by atoms with Gasteiger partial charge >= 0.3 is 0 Å². The van der Waals surface area contributed by atoms with E-state index in [1.165, 1.54) is 12.1 Å². The molecule has 1 fully saturated rings. The van der Waals surface area contributed by atoms with Crippen LogP contribution in [0.2, 0.25) is 0 Å². The number of hydrogen-bond acceptors (Lipinski definition) is 4. The SMILES string of the molecule is O=C1S/C(=C\c2ccc(-c3ccccc3)o2)C(=O)N1Cc1ccc(F)cc1. The quantitative estimate of drug-likeness (QED) is 0.576. The highest BCUT2D eigenvalue weighted by atomic mass is 32.2. The summed E-state index contributed by atoms with van der Waals surface area (Å²) < 4.78 is 18.8. The van der Waals surface area contributed by atoms with E-state index < -0.39 is 0 Å². The molecule has 2 amide bonds. The third kappa shape index (κ3) is 3.71. The van der Waals surface area contributed by atoms with Gasteiger partial charge in [0.1, 0.15) is 17.3 Å². The maximum atomic E-state index is 13.0. The Kier molecular flexibility index (Phi) is 4.64. The number of thioether (sulfide) groups is 1. The maximum Gasteiger partial charge on any atom is 0.293 e. The monoisotopic (exact) mass is 379 g/mol. The zero-order valence-corrected chi connectivity index (χ0v) is 14.9.